The molecular formula is C11H6FN3OS. The topological polar surface area (TPSA) is 69.5 Å². The molecule has 1 heterocycles. The van der Waals surface area contributed by atoms with Crippen molar-refractivity contribution in [1.82, 2.24) is 9.97 Å². The van der Waals surface area contributed by atoms with Gasteiger partial charge >= 0.3 is 0 Å². The molecule has 17 heavy (non-hydrogen) atoms. The van der Waals surface area contributed by atoms with Crippen LogP contribution in [0.5, 0.6) is 0 Å². The van der Waals surface area contributed by atoms with Gasteiger partial charge in [-0.25, -0.2) is 9.37 Å². The van der Waals surface area contributed by atoms with Crippen molar-refractivity contribution in [2.45, 2.75) is 10.1 Å². The molecule has 0 fully saturated rings. The molecule has 1 N–H and O–H groups in total. The van der Waals surface area contributed by atoms with E-state index in [2.05, 4.69) is 9.97 Å². The van der Waals surface area contributed by atoms with Crippen molar-refractivity contribution < 1.29 is 4.39 Å². The van der Waals surface area contributed by atoms with Crippen LogP contribution in [0.15, 0.2) is 45.3 Å². The molecule has 0 radical (unpaired) electrons. The van der Waals surface area contributed by atoms with Crippen molar-refractivity contribution in [3.05, 3.63) is 52.2 Å². The Labute approximate surface area is 100 Å². The van der Waals surface area contributed by atoms with Gasteiger partial charge < -0.3 is 4.98 Å². The Morgan fingerprint density at radius 1 is 1.41 bits per heavy atom. The van der Waals surface area contributed by atoms with Crippen LogP contribution in [0.2, 0.25) is 0 Å². The number of hydrogen-bond donors (Lipinski definition) is 1. The standard InChI is InChI=1S/C11H6FN3OS/c12-8-3-7(6-13)4-9(5-8)17-11-14-2-1-10(16)15-11/h1-5H,(H,14,15,16). The molecule has 84 valence electrons. The molecule has 0 bridgehead atoms. The fourth-order valence-corrected chi connectivity index (χ4v) is 2.05. The Kier molecular flexibility index (Phi) is 3.21. The summed E-state index contributed by atoms with van der Waals surface area (Å²) in [6.07, 6.45) is 1.37. The Hall–Kier alpha value is -2.13. The molecule has 0 atom stereocenters. The molecule has 0 spiro atoms. The first-order chi connectivity index (χ1) is 8.17. The second kappa shape index (κ2) is 4.80. The highest BCUT2D eigenvalue weighted by Gasteiger charge is 2.04. The first-order valence-electron chi connectivity index (χ1n) is 4.61. The molecule has 6 heteroatoms. The average Bonchev–Trinajstić information content (AvgIpc) is 2.28. The quantitative estimate of drug-likeness (QED) is 0.823. The second-order valence-electron chi connectivity index (χ2n) is 3.13. The highest BCUT2D eigenvalue weighted by Crippen LogP contribution is 2.25. The van der Waals surface area contributed by atoms with E-state index in [0.29, 0.717) is 10.1 Å². The third kappa shape index (κ3) is 2.92. The van der Waals surface area contributed by atoms with Crippen molar-refractivity contribution in [1.29, 1.82) is 5.26 Å². The van der Waals surface area contributed by atoms with E-state index in [4.69, 9.17) is 5.26 Å². The van der Waals surface area contributed by atoms with E-state index in [1.54, 1.807) is 0 Å². The Morgan fingerprint density at radius 2 is 2.24 bits per heavy atom. The minimum Gasteiger partial charge on any atom is -0.301 e. The zero-order valence-corrected chi connectivity index (χ0v) is 9.29. The lowest BCUT2D eigenvalue weighted by Gasteiger charge is -2.01. The fourth-order valence-electron chi connectivity index (χ4n) is 1.20. The molecule has 1 aromatic carbocycles. The van der Waals surface area contributed by atoms with Crippen LogP contribution in [0.1, 0.15) is 5.56 Å². The fraction of sp³-hybridized carbons (Fsp3) is 0. The predicted molar refractivity (Wildman–Crippen MR) is 60.1 cm³/mol. The maximum Gasteiger partial charge on any atom is 0.251 e. The Bertz CT molecular complexity index is 648. The monoisotopic (exact) mass is 247 g/mol. The van der Waals surface area contributed by atoms with Crippen LogP contribution in [-0.4, -0.2) is 9.97 Å². The summed E-state index contributed by atoms with van der Waals surface area (Å²) in [5, 5.41) is 9.05. The van der Waals surface area contributed by atoms with Crippen molar-refractivity contribution >= 4 is 11.8 Å². The maximum absolute atomic E-state index is 13.1. The number of aromatic nitrogens is 2. The predicted octanol–water partition coefficient (Wildman–Crippen LogP) is 1.93. The molecule has 0 saturated heterocycles. The summed E-state index contributed by atoms with van der Waals surface area (Å²) in [6, 6.07) is 7.10. The minimum atomic E-state index is -0.496. The number of nitriles is 1. The van der Waals surface area contributed by atoms with E-state index >= 15 is 0 Å². The van der Waals surface area contributed by atoms with Gasteiger partial charge in [0.05, 0.1) is 11.6 Å². The molecule has 0 aliphatic rings. The smallest absolute Gasteiger partial charge is 0.251 e. The SMILES string of the molecule is N#Cc1cc(F)cc(Sc2nccc(=O)[nH]2)c1. The number of nitrogens with zero attached hydrogens (tertiary/aromatic N) is 2. The Morgan fingerprint density at radius 3 is 2.94 bits per heavy atom. The van der Waals surface area contributed by atoms with Crippen LogP contribution in [0.25, 0.3) is 0 Å². The van der Waals surface area contributed by atoms with Crippen LogP contribution in [0.4, 0.5) is 4.39 Å². The van der Waals surface area contributed by atoms with Gasteiger partial charge in [0.15, 0.2) is 5.16 Å². The van der Waals surface area contributed by atoms with Crippen LogP contribution in [-0.2, 0) is 0 Å². The molecule has 0 amide bonds. The first-order valence-corrected chi connectivity index (χ1v) is 5.43. The van der Waals surface area contributed by atoms with E-state index in [0.717, 1.165) is 17.8 Å². The first kappa shape index (κ1) is 11.4. The highest BCUT2D eigenvalue weighted by molar-refractivity contribution is 7.99. The lowest BCUT2D eigenvalue weighted by Crippen LogP contribution is -2.04. The summed E-state index contributed by atoms with van der Waals surface area (Å²) in [5.74, 6) is -0.496. The molecule has 0 aliphatic carbocycles. The van der Waals surface area contributed by atoms with Gasteiger partial charge in [-0.15, -0.1) is 0 Å². The molecule has 1 aromatic heterocycles. The van der Waals surface area contributed by atoms with E-state index in [-0.39, 0.29) is 11.1 Å². The maximum atomic E-state index is 13.1. The molecular weight excluding hydrogens is 241 g/mol. The summed E-state index contributed by atoms with van der Waals surface area (Å²) in [6.45, 7) is 0. The van der Waals surface area contributed by atoms with E-state index < -0.39 is 5.82 Å². The zero-order chi connectivity index (χ0) is 12.3. The van der Waals surface area contributed by atoms with Gasteiger partial charge in [-0.1, -0.05) is 11.8 Å². The molecule has 4 nitrogen and oxygen atoms in total. The molecule has 2 aromatic rings. The number of H-pyrrole nitrogens is 1. The number of benzene rings is 1. The third-order valence-electron chi connectivity index (χ3n) is 1.86. The number of aromatic amines is 1. The van der Waals surface area contributed by atoms with E-state index in [9.17, 15) is 9.18 Å². The summed E-state index contributed by atoms with van der Waals surface area (Å²) in [4.78, 5) is 18.0. The molecule has 0 saturated carbocycles. The van der Waals surface area contributed by atoms with Gasteiger partial charge in [0.2, 0.25) is 0 Å². The molecule has 0 aliphatic heterocycles. The summed E-state index contributed by atoms with van der Waals surface area (Å²) in [5.41, 5.74) is -0.0508. The number of halogens is 1. The van der Waals surface area contributed by atoms with Crippen molar-refractivity contribution in [3.8, 4) is 6.07 Å². The highest BCUT2D eigenvalue weighted by atomic mass is 32.2. The van der Waals surface area contributed by atoms with Crippen LogP contribution < -0.4 is 5.56 Å². The lowest BCUT2D eigenvalue weighted by atomic mass is 10.2. The lowest BCUT2D eigenvalue weighted by molar-refractivity contribution is 0.623. The van der Waals surface area contributed by atoms with Gasteiger partial charge in [-0.2, -0.15) is 5.26 Å². The average molecular weight is 247 g/mol. The summed E-state index contributed by atoms with van der Waals surface area (Å²) in [7, 11) is 0. The zero-order valence-electron chi connectivity index (χ0n) is 8.48. The number of nitrogens with one attached hydrogen (secondary N) is 1. The summed E-state index contributed by atoms with van der Waals surface area (Å²) >= 11 is 1.09. The van der Waals surface area contributed by atoms with Crippen LogP contribution in [0, 0.1) is 17.1 Å². The van der Waals surface area contributed by atoms with Gasteiger partial charge in [0, 0.05) is 17.2 Å². The molecule has 0 unspecified atom stereocenters. The van der Waals surface area contributed by atoms with Gasteiger partial charge in [-0.3, -0.25) is 4.79 Å². The van der Waals surface area contributed by atoms with Crippen molar-refractivity contribution in [2.75, 3.05) is 0 Å². The van der Waals surface area contributed by atoms with E-state index in [1.807, 2.05) is 6.07 Å². The Balaban J connectivity index is 2.33. The number of rotatable bonds is 2. The van der Waals surface area contributed by atoms with Gasteiger partial charge in [0.25, 0.3) is 5.56 Å². The molecule has 2 rings (SSSR count). The van der Waals surface area contributed by atoms with Gasteiger partial charge in [-0.05, 0) is 18.2 Å². The largest absolute Gasteiger partial charge is 0.301 e. The third-order valence-corrected chi connectivity index (χ3v) is 2.73. The van der Waals surface area contributed by atoms with Crippen molar-refractivity contribution in [3.63, 3.8) is 0 Å². The van der Waals surface area contributed by atoms with Crippen molar-refractivity contribution in [2.24, 2.45) is 0 Å². The normalized spacial score (nSPS) is 9.88. The van der Waals surface area contributed by atoms with Crippen LogP contribution >= 0.6 is 11.8 Å². The summed E-state index contributed by atoms with van der Waals surface area (Å²) < 4.78 is 13.1. The van der Waals surface area contributed by atoms with E-state index in [1.165, 1.54) is 24.4 Å². The minimum absolute atomic E-state index is 0.228. The van der Waals surface area contributed by atoms with Gasteiger partial charge in [0.1, 0.15) is 5.82 Å². The van der Waals surface area contributed by atoms with Crippen LogP contribution in [0.3, 0.4) is 0 Å². The second-order valence-corrected chi connectivity index (χ2v) is 4.19. The number of hydrogen-bond acceptors (Lipinski definition) is 4.